The Labute approximate surface area is 154 Å². The van der Waals surface area contributed by atoms with Crippen molar-refractivity contribution in [2.45, 2.75) is 38.3 Å². The van der Waals surface area contributed by atoms with Crippen molar-refractivity contribution >= 4 is 35.0 Å². The van der Waals surface area contributed by atoms with Gasteiger partial charge >= 0.3 is 17.7 Å². The predicted molar refractivity (Wildman–Crippen MR) is 92.5 cm³/mol. The van der Waals surface area contributed by atoms with Gasteiger partial charge in [-0.15, -0.1) is 0 Å². The SMILES string of the molecule is CC(C)(C)OC(=O)NC1(C(=O)O)CCN(c2c(Cl)cncc2[N+](=O)[O-])C1. The van der Waals surface area contributed by atoms with Gasteiger partial charge < -0.3 is 20.1 Å². The molecule has 1 aliphatic rings. The number of rotatable bonds is 4. The average molecular weight is 387 g/mol. The number of carbonyl (C=O) groups is 2. The first-order valence-corrected chi connectivity index (χ1v) is 8.10. The van der Waals surface area contributed by atoms with Gasteiger partial charge in [-0.25, -0.2) is 9.59 Å². The lowest BCUT2D eigenvalue weighted by Crippen LogP contribution is -2.57. The van der Waals surface area contributed by atoms with Crippen LogP contribution in [0.3, 0.4) is 0 Å². The molecule has 10 nitrogen and oxygen atoms in total. The van der Waals surface area contributed by atoms with E-state index in [1.165, 1.54) is 11.1 Å². The van der Waals surface area contributed by atoms with E-state index in [-0.39, 0.29) is 35.9 Å². The predicted octanol–water partition coefficient (Wildman–Crippen LogP) is 2.20. The molecule has 0 saturated carbocycles. The molecule has 1 fully saturated rings. The molecular weight excluding hydrogens is 368 g/mol. The first-order chi connectivity index (χ1) is 11.9. The van der Waals surface area contributed by atoms with Crippen molar-refractivity contribution < 1.29 is 24.4 Å². The number of pyridine rings is 1. The minimum Gasteiger partial charge on any atom is -0.479 e. The Balaban J connectivity index is 2.30. The van der Waals surface area contributed by atoms with E-state index in [9.17, 15) is 24.8 Å². The van der Waals surface area contributed by atoms with Crippen LogP contribution in [0.5, 0.6) is 0 Å². The first-order valence-electron chi connectivity index (χ1n) is 7.72. The summed E-state index contributed by atoms with van der Waals surface area (Å²) >= 11 is 6.05. The van der Waals surface area contributed by atoms with Crippen molar-refractivity contribution in [3.05, 3.63) is 27.5 Å². The molecular formula is C15H19ClN4O6. The molecule has 0 radical (unpaired) electrons. The molecule has 2 N–H and O–H groups in total. The Morgan fingerprint density at radius 1 is 1.46 bits per heavy atom. The van der Waals surface area contributed by atoms with Crippen molar-refractivity contribution in [3.8, 4) is 0 Å². The third kappa shape index (κ3) is 4.13. The van der Waals surface area contributed by atoms with E-state index >= 15 is 0 Å². The van der Waals surface area contributed by atoms with Gasteiger partial charge in [0.1, 0.15) is 17.5 Å². The van der Waals surface area contributed by atoms with Gasteiger partial charge in [0.15, 0.2) is 5.54 Å². The second-order valence-corrected chi connectivity index (χ2v) is 7.34. The Morgan fingerprint density at radius 3 is 2.65 bits per heavy atom. The molecule has 1 aromatic heterocycles. The van der Waals surface area contributed by atoms with E-state index in [1.54, 1.807) is 20.8 Å². The monoisotopic (exact) mass is 386 g/mol. The molecule has 0 aromatic carbocycles. The van der Waals surface area contributed by atoms with Crippen LogP contribution in [0.4, 0.5) is 16.2 Å². The zero-order valence-electron chi connectivity index (χ0n) is 14.5. The van der Waals surface area contributed by atoms with Gasteiger partial charge in [0.25, 0.3) is 0 Å². The second-order valence-electron chi connectivity index (χ2n) is 6.93. The van der Waals surface area contributed by atoms with Crippen molar-refractivity contribution in [1.82, 2.24) is 10.3 Å². The normalized spacial score (nSPS) is 19.9. The summed E-state index contributed by atoms with van der Waals surface area (Å²) in [5.74, 6) is -1.27. The highest BCUT2D eigenvalue weighted by molar-refractivity contribution is 6.33. The van der Waals surface area contributed by atoms with Crippen molar-refractivity contribution in [3.63, 3.8) is 0 Å². The molecule has 1 unspecified atom stereocenters. The van der Waals surface area contributed by atoms with E-state index in [0.717, 1.165) is 6.20 Å². The van der Waals surface area contributed by atoms with Crippen LogP contribution in [-0.2, 0) is 9.53 Å². The first kappa shape index (κ1) is 19.7. The maximum atomic E-state index is 12.1. The second kappa shape index (κ2) is 6.94. The summed E-state index contributed by atoms with van der Waals surface area (Å²) in [7, 11) is 0. The smallest absolute Gasteiger partial charge is 0.408 e. The zero-order chi connectivity index (χ0) is 19.7. The number of hydrogen-bond donors (Lipinski definition) is 2. The van der Waals surface area contributed by atoms with Gasteiger partial charge in [-0.05, 0) is 20.8 Å². The number of nitro groups is 1. The van der Waals surface area contributed by atoms with Gasteiger partial charge in [-0.3, -0.25) is 15.1 Å². The Morgan fingerprint density at radius 2 is 2.12 bits per heavy atom. The van der Waals surface area contributed by atoms with Crippen LogP contribution in [0, 0.1) is 10.1 Å². The van der Waals surface area contributed by atoms with Crippen LogP contribution in [-0.4, -0.2) is 51.3 Å². The van der Waals surface area contributed by atoms with E-state index in [1.807, 2.05) is 0 Å². The van der Waals surface area contributed by atoms with Gasteiger partial charge in [0.2, 0.25) is 0 Å². The van der Waals surface area contributed by atoms with Crippen LogP contribution in [0.25, 0.3) is 0 Å². The quantitative estimate of drug-likeness (QED) is 0.593. The van der Waals surface area contributed by atoms with E-state index in [4.69, 9.17) is 16.3 Å². The molecule has 0 spiro atoms. The molecule has 1 amide bonds. The van der Waals surface area contributed by atoms with Crippen LogP contribution in [0.15, 0.2) is 12.4 Å². The van der Waals surface area contributed by atoms with Crippen molar-refractivity contribution in [2.75, 3.05) is 18.0 Å². The highest BCUT2D eigenvalue weighted by atomic mass is 35.5. The number of alkyl carbamates (subject to hydrolysis) is 1. The number of ether oxygens (including phenoxy) is 1. The number of halogens is 1. The maximum Gasteiger partial charge on any atom is 0.408 e. The lowest BCUT2D eigenvalue weighted by atomic mass is 9.99. The molecule has 11 heteroatoms. The fourth-order valence-electron chi connectivity index (χ4n) is 2.69. The fourth-order valence-corrected chi connectivity index (χ4v) is 2.97. The maximum absolute atomic E-state index is 12.1. The Bertz CT molecular complexity index is 750. The molecule has 1 aliphatic heterocycles. The number of amides is 1. The number of aliphatic carboxylic acids is 1. The molecule has 2 rings (SSSR count). The summed E-state index contributed by atoms with van der Waals surface area (Å²) < 4.78 is 5.13. The van der Waals surface area contributed by atoms with Crippen LogP contribution >= 0.6 is 11.6 Å². The summed E-state index contributed by atoms with van der Waals surface area (Å²) in [6.07, 6.45) is 1.43. The topological polar surface area (TPSA) is 135 Å². The van der Waals surface area contributed by atoms with Crippen molar-refractivity contribution in [1.29, 1.82) is 0 Å². The third-order valence-electron chi connectivity index (χ3n) is 3.79. The zero-order valence-corrected chi connectivity index (χ0v) is 15.2. The fraction of sp³-hybridized carbons (Fsp3) is 0.533. The molecule has 142 valence electrons. The average Bonchev–Trinajstić information content (AvgIpc) is 2.89. The third-order valence-corrected chi connectivity index (χ3v) is 4.06. The van der Waals surface area contributed by atoms with Crippen LogP contribution < -0.4 is 10.2 Å². The Hall–Kier alpha value is -2.62. The number of carbonyl (C=O) groups excluding carboxylic acids is 1. The summed E-state index contributed by atoms with van der Waals surface area (Å²) in [6.45, 7) is 4.90. The number of nitrogens with zero attached hydrogens (tertiary/aromatic N) is 3. The number of hydrogen-bond acceptors (Lipinski definition) is 7. The molecule has 0 aliphatic carbocycles. The van der Waals surface area contributed by atoms with Gasteiger partial charge in [0.05, 0.1) is 16.5 Å². The van der Waals surface area contributed by atoms with Gasteiger partial charge in [0, 0.05) is 19.2 Å². The number of anilines is 1. The summed E-state index contributed by atoms with van der Waals surface area (Å²) in [5, 5.41) is 23.3. The molecule has 26 heavy (non-hydrogen) atoms. The Kier molecular flexibility index (Phi) is 5.26. The molecule has 1 saturated heterocycles. The van der Waals surface area contributed by atoms with Crippen LogP contribution in [0.1, 0.15) is 27.2 Å². The lowest BCUT2D eigenvalue weighted by molar-refractivity contribution is -0.384. The lowest BCUT2D eigenvalue weighted by Gasteiger charge is -2.28. The van der Waals surface area contributed by atoms with Gasteiger partial charge in [-0.1, -0.05) is 11.6 Å². The molecule has 0 bridgehead atoms. The highest BCUT2D eigenvalue weighted by Crippen LogP contribution is 2.38. The van der Waals surface area contributed by atoms with Crippen LogP contribution in [0.2, 0.25) is 5.02 Å². The number of carboxylic acids is 1. The number of nitrogens with one attached hydrogen (secondary N) is 1. The summed E-state index contributed by atoms with van der Waals surface area (Å²) in [6, 6.07) is 0. The molecule has 1 atom stereocenters. The minimum atomic E-state index is -1.65. The van der Waals surface area contributed by atoms with E-state index < -0.39 is 28.1 Å². The van der Waals surface area contributed by atoms with E-state index in [2.05, 4.69) is 10.3 Å². The molecule has 1 aromatic rings. The minimum absolute atomic E-state index is 0.0252. The number of carboxylic acid groups (broad SMARTS) is 1. The van der Waals surface area contributed by atoms with Gasteiger partial charge in [-0.2, -0.15) is 0 Å². The highest BCUT2D eigenvalue weighted by Gasteiger charge is 2.48. The molecule has 2 heterocycles. The summed E-state index contributed by atoms with van der Waals surface area (Å²) in [4.78, 5) is 39.6. The van der Waals surface area contributed by atoms with Crippen molar-refractivity contribution in [2.24, 2.45) is 0 Å². The largest absolute Gasteiger partial charge is 0.479 e. The van der Waals surface area contributed by atoms with E-state index in [0.29, 0.717) is 0 Å². The standard InChI is InChI=1S/C15H19ClN4O6/c1-14(2,3)26-13(23)18-15(12(21)22)4-5-19(8-15)11-9(16)6-17-7-10(11)20(24)25/h6-7H,4-5,8H2,1-3H3,(H,18,23)(H,21,22). The number of aromatic nitrogens is 1. The summed E-state index contributed by atoms with van der Waals surface area (Å²) in [5.41, 5.74) is -2.71.